The van der Waals surface area contributed by atoms with Crippen molar-refractivity contribution in [3.63, 3.8) is 0 Å². The Morgan fingerprint density at radius 3 is 2.45 bits per heavy atom. The molecule has 2 atom stereocenters. The van der Waals surface area contributed by atoms with E-state index >= 15 is 0 Å². The number of nitrogens with two attached hydrogens (primary N) is 1. The predicted molar refractivity (Wildman–Crippen MR) is 46.4 cm³/mol. The first-order valence-corrected chi connectivity index (χ1v) is 4.58. The van der Waals surface area contributed by atoms with E-state index in [0.29, 0.717) is 18.8 Å². The first-order chi connectivity index (χ1) is 5.22. The first kappa shape index (κ1) is 9.01. The number of ether oxygens (including phenoxy) is 1. The number of hydrogen-bond donors (Lipinski definition) is 1. The van der Waals surface area contributed by atoms with E-state index in [2.05, 4.69) is 13.8 Å². The Hall–Kier alpha value is -0.0800. The first-order valence-electron chi connectivity index (χ1n) is 4.58. The molecule has 0 saturated carbocycles. The van der Waals surface area contributed by atoms with Gasteiger partial charge in [-0.1, -0.05) is 13.8 Å². The van der Waals surface area contributed by atoms with Crippen LogP contribution in [0.15, 0.2) is 0 Å². The predicted octanol–water partition coefficient (Wildman–Crippen LogP) is 1.54. The van der Waals surface area contributed by atoms with Gasteiger partial charge in [0.15, 0.2) is 0 Å². The molecule has 1 aliphatic heterocycles. The molecule has 2 N–H and O–H groups in total. The molecule has 1 saturated heterocycles. The van der Waals surface area contributed by atoms with Gasteiger partial charge in [-0.3, -0.25) is 0 Å². The fraction of sp³-hybridized carbons (Fsp3) is 1.00. The molecule has 0 aromatic heterocycles. The van der Waals surface area contributed by atoms with E-state index in [0.717, 1.165) is 12.3 Å². The van der Waals surface area contributed by atoms with Crippen LogP contribution in [0.2, 0.25) is 0 Å². The zero-order chi connectivity index (χ0) is 8.27. The smallest absolute Gasteiger partial charge is 0.0702 e. The lowest BCUT2D eigenvalue weighted by Gasteiger charge is -2.13. The van der Waals surface area contributed by atoms with Crippen LogP contribution in [-0.4, -0.2) is 18.8 Å². The van der Waals surface area contributed by atoms with Gasteiger partial charge in [0.25, 0.3) is 0 Å². The molecule has 0 aliphatic carbocycles. The lowest BCUT2D eigenvalue weighted by Crippen LogP contribution is -2.21. The van der Waals surface area contributed by atoms with Crippen molar-refractivity contribution >= 4 is 0 Å². The van der Waals surface area contributed by atoms with Crippen LogP contribution in [0.3, 0.4) is 0 Å². The highest BCUT2D eigenvalue weighted by Crippen LogP contribution is 2.23. The zero-order valence-electron chi connectivity index (χ0n) is 7.55. The zero-order valence-corrected chi connectivity index (χ0v) is 7.55. The van der Waals surface area contributed by atoms with Gasteiger partial charge in [-0.15, -0.1) is 0 Å². The van der Waals surface area contributed by atoms with Crippen molar-refractivity contribution in [2.45, 2.75) is 45.3 Å². The monoisotopic (exact) mass is 157 g/mol. The van der Waals surface area contributed by atoms with Gasteiger partial charge < -0.3 is 10.5 Å². The standard InChI is InChI=1S/C9H19NO/c1-7(2)5-8-3-4-9(6-10)11-8/h7-9H,3-6,10H2,1-2H3. The van der Waals surface area contributed by atoms with Gasteiger partial charge in [0.05, 0.1) is 12.2 Å². The van der Waals surface area contributed by atoms with Crippen molar-refractivity contribution in [2.24, 2.45) is 11.7 Å². The molecule has 11 heavy (non-hydrogen) atoms. The maximum atomic E-state index is 5.70. The maximum absolute atomic E-state index is 5.70. The third kappa shape index (κ3) is 2.80. The minimum atomic E-state index is 0.346. The highest BCUT2D eigenvalue weighted by molar-refractivity contribution is 4.74. The largest absolute Gasteiger partial charge is 0.374 e. The minimum absolute atomic E-state index is 0.346. The van der Waals surface area contributed by atoms with Crippen molar-refractivity contribution in [3.8, 4) is 0 Å². The molecule has 0 radical (unpaired) electrons. The van der Waals surface area contributed by atoms with Crippen LogP contribution in [0, 0.1) is 5.92 Å². The minimum Gasteiger partial charge on any atom is -0.374 e. The summed E-state index contributed by atoms with van der Waals surface area (Å²) in [5.74, 6) is 0.747. The number of rotatable bonds is 3. The van der Waals surface area contributed by atoms with Crippen LogP contribution < -0.4 is 5.73 Å². The van der Waals surface area contributed by atoms with Gasteiger partial charge in [0.1, 0.15) is 0 Å². The van der Waals surface area contributed by atoms with E-state index in [4.69, 9.17) is 10.5 Å². The van der Waals surface area contributed by atoms with E-state index in [9.17, 15) is 0 Å². The van der Waals surface area contributed by atoms with Crippen LogP contribution in [0.1, 0.15) is 33.1 Å². The number of hydrogen-bond acceptors (Lipinski definition) is 2. The van der Waals surface area contributed by atoms with E-state index in [-0.39, 0.29) is 0 Å². The van der Waals surface area contributed by atoms with Crippen LogP contribution >= 0.6 is 0 Å². The summed E-state index contributed by atoms with van der Waals surface area (Å²) in [5, 5.41) is 0. The Kier molecular flexibility index (Phi) is 3.34. The van der Waals surface area contributed by atoms with Gasteiger partial charge >= 0.3 is 0 Å². The molecule has 0 spiro atoms. The second-order valence-corrected chi connectivity index (χ2v) is 3.82. The van der Waals surface area contributed by atoms with Crippen molar-refractivity contribution in [2.75, 3.05) is 6.54 Å². The molecule has 0 amide bonds. The topological polar surface area (TPSA) is 35.2 Å². The Balaban J connectivity index is 2.19. The summed E-state index contributed by atoms with van der Waals surface area (Å²) < 4.78 is 5.70. The summed E-state index contributed by atoms with van der Waals surface area (Å²) in [4.78, 5) is 0. The van der Waals surface area contributed by atoms with E-state index < -0.39 is 0 Å². The van der Waals surface area contributed by atoms with E-state index in [1.807, 2.05) is 0 Å². The normalized spacial score (nSPS) is 31.6. The van der Waals surface area contributed by atoms with Crippen molar-refractivity contribution < 1.29 is 4.74 Å². The SMILES string of the molecule is CC(C)CC1CCC(CN)O1. The van der Waals surface area contributed by atoms with Gasteiger partial charge in [-0.05, 0) is 25.2 Å². The molecule has 2 nitrogen and oxygen atoms in total. The average molecular weight is 157 g/mol. The van der Waals surface area contributed by atoms with Gasteiger partial charge in [0, 0.05) is 6.54 Å². The molecule has 2 heteroatoms. The average Bonchev–Trinajstić information content (AvgIpc) is 2.34. The fourth-order valence-corrected chi connectivity index (χ4v) is 1.65. The summed E-state index contributed by atoms with van der Waals surface area (Å²) in [5.41, 5.74) is 5.50. The summed E-state index contributed by atoms with van der Waals surface area (Å²) in [6.45, 7) is 5.16. The molecule has 1 rings (SSSR count). The lowest BCUT2D eigenvalue weighted by molar-refractivity contribution is 0.0387. The molecular formula is C9H19NO. The molecule has 1 aliphatic rings. The molecule has 0 aromatic rings. The Morgan fingerprint density at radius 2 is 2.00 bits per heavy atom. The van der Waals surface area contributed by atoms with Crippen LogP contribution in [0.25, 0.3) is 0 Å². The van der Waals surface area contributed by atoms with E-state index in [1.54, 1.807) is 0 Å². The third-order valence-electron chi connectivity index (χ3n) is 2.19. The van der Waals surface area contributed by atoms with Gasteiger partial charge in [0.2, 0.25) is 0 Å². The van der Waals surface area contributed by atoms with Crippen LogP contribution in [0.4, 0.5) is 0 Å². The van der Waals surface area contributed by atoms with Crippen LogP contribution in [0.5, 0.6) is 0 Å². The molecule has 66 valence electrons. The molecular weight excluding hydrogens is 138 g/mol. The quantitative estimate of drug-likeness (QED) is 0.674. The Bertz CT molecular complexity index is 114. The maximum Gasteiger partial charge on any atom is 0.0702 e. The Morgan fingerprint density at radius 1 is 1.36 bits per heavy atom. The second-order valence-electron chi connectivity index (χ2n) is 3.82. The van der Waals surface area contributed by atoms with Gasteiger partial charge in [-0.2, -0.15) is 0 Å². The van der Waals surface area contributed by atoms with Crippen molar-refractivity contribution in [1.82, 2.24) is 0 Å². The summed E-state index contributed by atoms with van der Waals surface area (Å²) in [6, 6.07) is 0. The molecule has 0 aromatic carbocycles. The molecule has 2 unspecified atom stereocenters. The fourth-order valence-electron chi connectivity index (χ4n) is 1.65. The van der Waals surface area contributed by atoms with Crippen molar-refractivity contribution in [3.05, 3.63) is 0 Å². The summed E-state index contributed by atoms with van der Waals surface area (Å²) in [6.07, 6.45) is 4.40. The highest BCUT2D eigenvalue weighted by atomic mass is 16.5. The summed E-state index contributed by atoms with van der Waals surface area (Å²) >= 11 is 0. The molecule has 1 fully saturated rings. The molecule has 0 bridgehead atoms. The molecule has 1 heterocycles. The Labute approximate surface area is 69.1 Å². The second kappa shape index (κ2) is 4.07. The van der Waals surface area contributed by atoms with Gasteiger partial charge in [-0.25, -0.2) is 0 Å². The van der Waals surface area contributed by atoms with E-state index in [1.165, 1.54) is 12.8 Å². The third-order valence-corrected chi connectivity index (χ3v) is 2.19. The lowest BCUT2D eigenvalue weighted by atomic mass is 10.0. The van der Waals surface area contributed by atoms with Crippen molar-refractivity contribution in [1.29, 1.82) is 0 Å². The highest BCUT2D eigenvalue weighted by Gasteiger charge is 2.24. The summed E-state index contributed by atoms with van der Waals surface area (Å²) in [7, 11) is 0. The van der Waals surface area contributed by atoms with Crippen LogP contribution in [-0.2, 0) is 4.74 Å².